The van der Waals surface area contributed by atoms with Gasteiger partial charge in [0.25, 0.3) is 0 Å². The zero-order valence-corrected chi connectivity index (χ0v) is 25.4. The minimum Gasteiger partial charge on any atom is -0.462 e. The van der Waals surface area contributed by atoms with Gasteiger partial charge < -0.3 is 9.64 Å². The van der Waals surface area contributed by atoms with Crippen LogP contribution in [0.5, 0.6) is 0 Å². The van der Waals surface area contributed by atoms with Crippen molar-refractivity contribution in [3.63, 3.8) is 0 Å². The summed E-state index contributed by atoms with van der Waals surface area (Å²) in [7, 11) is 0. The summed E-state index contributed by atoms with van der Waals surface area (Å²) in [6.07, 6.45) is 19.8. The van der Waals surface area contributed by atoms with E-state index >= 15 is 0 Å². The first-order valence-corrected chi connectivity index (χ1v) is 16.8. The molecule has 6 fully saturated rings. The fourth-order valence-electron chi connectivity index (χ4n) is 11.2. The fraction of sp³-hybridized carbons (Fsp3) is 0.914. The second-order valence-electron chi connectivity index (χ2n) is 15.8. The van der Waals surface area contributed by atoms with Gasteiger partial charge in [-0.1, -0.05) is 65.5 Å². The number of fused-ring (bicyclic) bond motifs is 8. The van der Waals surface area contributed by atoms with Crippen molar-refractivity contribution in [3.05, 3.63) is 11.6 Å². The second kappa shape index (κ2) is 10.5. The molecule has 0 aromatic heterocycles. The van der Waals surface area contributed by atoms with Gasteiger partial charge in [0.2, 0.25) is 0 Å². The molecule has 0 aromatic carbocycles. The predicted octanol–water partition coefficient (Wildman–Crippen LogP) is 8.28. The molecule has 3 heterocycles. The van der Waals surface area contributed by atoms with Crippen LogP contribution in [-0.2, 0) is 9.53 Å². The number of carbonyl (C=O) groups excluding carboxylic acids is 1. The topological polar surface area (TPSA) is 29.5 Å². The Balaban J connectivity index is 1.10. The third-order valence-corrected chi connectivity index (χ3v) is 13.5. The first-order chi connectivity index (χ1) is 18.2. The minimum atomic E-state index is 0.116. The molecule has 2 bridgehead atoms. The van der Waals surface area contributed by atoms with Gasteiger partial charge in [-0.15, -0.1) is 0 Å². The molecule has 9 atom stereocenters. The zero-order valence-electron chi connectivity index (χ0n) is 25.4. The SMILES string of the molecule is CC(C)CCC[C@@H](C)[C@H]1CC[C@H]2[C@@H]3CC=C4C[C@@H](OC(=O)C5CN6CCC5CC6)CCC4(C)[C@H]3CC[C@]12C. The number of ether oxygens (including phenoxy) is 1. The van der Waals surface area contributed by atoms with E-state index in [1.54, 1.807) is 5.57 Å². The Hall–Kier alpha value is -0.830. The van der Waals surface area contributed by atoms with Gasteiger partial charge >= 0.3 is 5.97 Å². The number of carbonyl (C=O) groups is 1. The third-order valence-electron chi connectivity index (χ3n) is 13.5. The van der Waals surface area contributed by atoms with Crippen LogP contribution >= 0.6 is 0 Å². The standard InChI is InChI=1S/C35H57NO2/c1-23(2)7-6-8-24(3)30-11-12-31-28-10-9-26-21-27(13-17-34(26,4)32(28)14-18-35(30,31)5)38-33(37)29-22-36-19-15-25(29)16-20-36/h9,23-25,27-32H,6-8,10-22H2,1-5H3/t24-,27+,28+,29?,30-,31+,32+,34?,35-/m1/s1. The summed E-state index contributed by atoms with van der Waals surface area (Å²) in [6.45, 7) is 16.0. The van der Waals surface area contributed by atoms with Crippen molar-refractivity contribution in [3.8, 4) is 0 Å². The maximum Gasteiger partial charge on any atom is 0.310 e. The lowest BCUT2D eigenvalue weighted by molar-refractivity contribution is -0.163. The van der Waals surface area contributed by atoms with Crippen LogP contribution in [0.2, 0.25) is 0 Å². The number of hydrogen-bond acceptors (Lipinski definition) is 3. The molecule has 0 amide bonds. The van der Waals surface area contributed by atoms with Crippen LogP contribution in [0.3, 0.4) is 0 Å². The normalized spacial score (nSPS) is 46.6. The van der Waals surface area contributed by atoms with E-state index in [1.165, 1.54) is 83.7 Å². The summed E-state index contributed by atoms with van der Waals surface area (Å²) in [4.78, 5) is 15.7. The van der Waals surface area contributed by atoms with Crippen molar-refractivity contribution < 1.29 is 9.53 Å². The van der Waals surface area contributed by atoms with Crippen LogP contribution in [0.15, 0.2) is 11.6 Å². The van der Waals surface area contributed by atoms with E-state index in [0.717, 1.165) is 54.9 Å². The molecule has 0 aromatic rings. The molecule has 7 rings (SSSR count). The van der Waals surface area contributed by atoms with Crippen molar-refractivity contribution in [2.24, 2.45) is 58.2 Å². The number of esters is 1. The summed E-state index contributed by atoms with van der Waals surface area (Å²) >= 11 is 0. The van der Waals surface area contributed by atoms with E-state index in [0.29, 0.717) is 16.7 Å². The first kappa shape index (κ1) is 27.3. The van der Waals surface area contributed by atoms with E-state index < -0.39 is 0 Å². The van der Waals surface area contributed by atoms with Crippen molar-refractivity contribution >= 4 is 5.97 Å². The molecule has 0 N–H and O–H groups in total. The molecule has 2 unspecified atom stereocenters. The van der Waals surface area contributed by atoms with Crippen LogP contribution in [0.1, 0.15) is 118 Å². The Morgan fingerprint density at radius 2 is 1.79 bits per heavy atom. The highest BCUT2D eigenvalue weighted by Crippen LogP contribution is 2.67. The molecule has 7 aliphatic rings. The molecular weight excluding hydrogens is 466 g/mol. The zero-order chi connectivity index (χ0) is 26.7. The largest absolute Gasteiger partial charge is 0.462 e. The van der Waals surface area contributed by atoms with Crippen LogP contribution < -0.4 is 0 Å². The molecule has 3 heteroatoms. The Labute approximate surface area is 233 Å². The van der Waals surface area contributed by atoms with Gasteiger partial charge in [0.15, 0.2) is 0 Å². The molecule has 3 aliphatic heterocycles. The van der Waals surface area contributed by atoms with Gasteiger partial charge in [-0.3, -0.25) is 4.79 Å². The van der Waals surface area contributed by atoms with Crippen LogP contribution in [-0.4, -0.2) is 36.6 Å². The van der Waals surface area contributed by atoms with E-state index in [1.807, 2.05) is 0 Å². The van der Waals surface area contributed by atoms with Crippen LogP contribution in [0.4, 0.5) is 0 Å². The van der Waals surface area contributed by atoms with E-state index in [2.05, 4.69) is 45.6 Å². The number of hydrogen-bond donors (Lipinski definition) is 0. The maximum atomic E-state index is 13.2. The van der Waals surface area contributed by atoms with Gasteiger partial charge in [-0.2, -0.15) is 0 Å². The molecule has 214 valence electrons. The highest BCUT2D eigenvalue weighted by molar-refractivity contribution is 5.73. The first-order valence-electron chi connectivity index (χ1n) is 16.8. The van der Waals surface area contributed by atoms with Gasteiger partial charge in [0.05, 0.1) is 5.92 Å². The number of allylic oxidation sites excluding steroid dienone is 1. The molecule has 38 heavy (non-hydrogen) atoms. The van der Waals surface area contributed by atoms with Crippen LogP contribution in [0.25, 0.3) is 0 Å². The van der Waals surface area contributed by atoms with Crippen molar-refractivity contribution in [1.29, 1.82) is 0 Å². The Kier molecular flexibility index (Phi) is 7.58. The minimum absolute atomic E-state index is 0.116. The molecular formula is C35H57NO2. The average molecular weight is 524 g/mol. The van der Waals surface area contributed by atoms with Gasteiger partial charge in [-0.25, -0.2) is 0 Å². The van der Waals surface area contributed by atoms with E-state index in [4.69, 9.17) is 4.74 Å². The highest BCUT2D eigenvalue weighted by Gasteiger charge is 2.59. The molecule has 3 nitrogen and oxygen atoms in total. The van der Waals surface area contributed by atoms with Crippen molar-refractivity contribution in [2.45, 2.75) is 124 Å². The monoisotopic (exact) mass is 523 g/mol. The van der Waals surface area contributed by atoms with Gasteiger partial charge in [-0.05, 0) is 123 Å². The Bertz CT molecular complexity index is 902. The molecule has 0 spiro atoms. The number of rotatable bonds is 7. The van der Waals surface area contributed by atoms with Gasteiger partial charge in [0, 0.05) is 13.0 Å². The predicted molar refractivity (Wildman–Crippen MR) is 156 cm³/mol. The van der Waals surface area contributed by atoms with Crippen LogP contribution in [0, 0.1) is 58.2 Å². The molecule has 3 saturated carbocycles. The van der Waals surface area contributed by atoms with Crippen molar-refractivity contribution in [1.82, 2.24) is 4.90 Å². The summed E-state index contributed by atoms with van der Waals surface area (Å²) < 4.78 is 6.28. The number of nitrogens with zero attached hydrogens (tertiary/aromatic N) is 1. The maximum absolute atomic E-state index is 13.2. The molecule has 3 saturated heterocycles. The summed E-state index contributed by atoms with van der Waals surface area (Å²) in [6, 6.07) is 0. The average Bonchev–Trinajstić information content (AvgIpc) is 3.26. The lowest BCUT2D eigenvalue weighted by Crippen LogP contribution is -2.52. The molecule has 4 aliphatic carbocycles. The van der Waals surface area contributed by atoms with Crippen molar-refractivity contribution in [2.75, 3.05) is 19.6 Å². The Morgan fingerprint density at radius 3 is 2.50 bits per heavy atom. The highest BCUT2D eigenvalue weighted by atomic mass is 16.5. The quantitative estimate of drug-likeness (QED) is 0.248. The summed E-state index contributed by atoms with van der Waals surface area (Å²) in [5.74, 6) is 6.11. The summed E-state index contributed by atoms with van der Waals surface area (Å²) in [5, 5.41) is 0. The lowest BCUT2D eigenvalue weighted by atomic mass is 9.47. The lowest BCUT2D eigenvalue weighted by Gasteiger charge is -2.58. The second-order valence-corrected chi connectivity index (χ2v) is 15.8. The fourth-order valence-corrected chi connectivity index (χ4v) is 11.2. The number of piperidine rings is 3. The smallest absolute Gasteiger partial charge is 0.310 e. The van der Waals surface area contributed by atoms with Gasteiger partial charge in [0.1, 0.15) is 6.10 Å². The third kappa shape index (κ3) is 4.73. The van der Waals surface area contributed by atoms with E-state index in [9.17, 15) is 4.79 Å². The van der Waals surface area contributed by atoms with E-state index in [-0.39, 0.29) is 18.0 Å². The Morgan fingerprint density at radius 1 is 1.00 bits per heavy atom. The molecule has 0 radical (unpaired) electrons. The summed E-state index contributed by atoms with van der Waals surface area (Å²) in [5.41, 5.74) is 2.54.